The van der Waals surface area contributed by atoms with Gasteiger partial charge in [-0.2, -0.15) is 0 Å². The van der Waals surface area contributed by atoms with Crippen LogP contribution in [0.25, 0.3) is 0 Å². The maximum atomic E-state index is 12.7. The SMILES string of the molecule is NCCCC[C@H](N)C(=O)N[C@@H](CO)C(=O)N[C@@H](CCC(N)=O)C(=O)NCC(=O)NCC(=O)N[C@@H](CO)C(=O)N[C@H](CC(N)=O)C(=O)O. The van der Waals surface area contributed by atoms with Crippen molar-refractivity contribution in [3.63, 3.8) is 0 Å². The van der Waals surface area contributed by atoms with Crippen LogP contribution in [-0.2, 0) is 43.2 Å². The van der Waals surface area contributed by atoms with E-state index in [1.165, 1.54) is 0 Å². The third-order valence-corrected chi connectivity index (χ3v) is 6.16. The summed E-state index contributed by atoms with van der Waals surface area (Å²) in [5.74, 6) is -9.28. The quantitative estimate of drug-likeness (QED) is 0.0422. The van der Waals surface area contributed by atoms with Gasteiger partial charge in [-0.1, -0.05) is 6.42 Å². The summed E-state index contributed by atoms with van der Waals surface area (Å²) in [7, 11) is 0. The zero-order valence-electron chi connectivity index (χ0n) is 25.5. The molecule has 22 nitrogen and oxygen atoms in total. The van der Waals surface area contributed by atoms with E-state index in [1.54, 1.807) is 0 Å². The van der Waals surface area contributed by atoms with Crippen molar-refractivity contribution in [3.8, 4) is 0 Å². The van der Waals surface area contributed by atoms with Crippen LogP contribution >= 0.6 is 0 Å². The molecule has 0 bridgehead atoms. The van der Waals surface area contributed by atoms with Crippen LogP contribution in [0.2, 0.25) is 0 Å². The van der Waals surface area contributed by atoms with Crippen molar-refractivity contribution in [2.75, 3.05) is 32.8 Å². The van der Waals surface area contributed by atoms with E-state index in [9.17, 15) is 53.4 Å². The van der Waals surface area contributed by atoms with Gasteiger partial charge in [0.05, 0.1) is 38.8 Å². The molecule has 0 fully saturated rings. The van der Waals surface area contributed by atoms with Crippen molar-refractivity contribution in [1.82, 2.24) is 31.9 Å². The van der Waals surface area contributed by atoms with E-state index in [4.69, 9.17) is 28.0 Å². The highest BCUT2D eigenvalue weighted by molar-refractivity contribution is 5.96. The number of rotatable bonds is 24. The van der Waals surface area contributed by atoms with Gasteiger partial charge < -0.3 is 70.2 Å². The van der Waals surface area contributed by atoms with Crippen LogP contribution < -0.4 is 54.8 Å². The molecule has 0 aliphatic carbocycles. The molecule has 0 radical (unpaired) electrons. The van der Waals surface area contributed by atoms with E-state index >= 15 is 0 Å². The van der Waals surface area contributed by atoms with Crippen molar-refractivity contribution in [3.05, 3.63) is 0 Å². The second kappa shape index (κ2) is 22.6. The molecule has 8 amide bonds. The first-order valence-corrected chi connectivity index (χ1v) is 14.3. The van der Waals surface area contributed by atoms with Crippen molar-refractivity contribution in [2.24, 2.45) is 22.9 Å². The first-order valence-electron chi connectivity index (χ1n) is 14.3. The lowest BCUT2D eigenvalue weighted by Gasteiger charge is -2.23. The van der Waals surface area contributed by atoms with Crippen molar-refractivity contribution in [1.29, 1.82) is 0 Å². The molecule has 0 aromatic rings. The highest BCUT2D eigenvalue weighted by Gasteiger charge is 2.29. The third-order valence-electron chi connectivity index (χ3n) is 6.16. The van der Waals surface area contributed by atoms with Crippen LogP contribution in [0.4, 0.5) is 0 Å². The largest absolute Gasteiger partial charge is 0.480 e. The first kappa shape index (κ1) is 42.1. The van der Waals surface area contributed by atoms with Crippen LogP contribution in [0.15, 0.2) is 0 Å². The number of nitrogens with two attached hydrogens (primary N) is 4. The summed E-state index contributed by atoms with van der Waals surface area (Å²) in [5.41, 5.74) is 21.2. The predicted octanol–water partition coefficient (Wildman–Crippen LogP) is -8.18. The number of hydrogen-bond donors (Lipinski definition) is 13. The van der Waals surface area contributed by atoms with E-state index in [0.29, 0.717) is 19.4 Å². The minimum atomic E-state index is -1.73. The Morgan fingerprint density at radius 3 is 1.64 bits per heavy atom. The summed E-state index contributed by atoms with van der Waals surface area (Å²) < 4.78 is 0. The molecule has 0 aliphatic rings. The molecule has 0 saturated carbocycles. The highest BCUT2D eigenvalue weighted by atomic mass is 16.4. The monoisotopic (exact) mass is 676 g/mol. The second-order valence-corrected chi connectivity index (χ2v) is 10.1. The predicted molar refractivity (Wildman–Crippen MR) is 159 cm³/mol. The fourth-order valence-corrected chi connectivity index (χ4v) is 3.59. The lowest BCUT2D eigenvalue weighted by Crippen LogP contribution is -2.57. The summed E-state index contributed by atoms with van der Waals surface area (Å²) in [5, 5.41) is 40.8. The standard InChI is InChI=1S/C25H44N10O12/c26-6-2-1-3-12(27)21(42)35-16(11-37)24(45)33-13(4-5-17(28)38)22(43)31-8-19(40)30-9-20(41)32-15(10-36)23(44)34-14(25(46)47)7-18(29)39/h12-16,36-37H,1-11,26-27H2,(H2,28,38)(H2,29,39)(H,30,40)(H,31,43)(H,32,41)(H,33,45)(H,34,44)(H,35,42)(H,46,47)/t12-,13-,14+,15-,16-/m0/s1. The number of carboxylic acid groups (broad SMARTS) is 1. The number of carbonyl (C=O) groups excluding carboxylic acids is 8. The zero-order chi connectivity index (χ0) is 36.1. The van der Waals surface area contributed by atoms with Gasteiger partial charge in [-0.05, 0) is 25.8 Å². The van der Waals surface area contributed by atoms with E-state index in [-0.39, 0.29) is 19.3 Å². The molecule has 0 saturated heterocycles. The molecular weight excluding hydrogens is 632 g/mol. The van der Waals surface area contributed by atoms with Crippen LogP contribution in [0, 0.1) is 0 Å². The molecule has 0 spiro atoms. The van der Waals surface area contributed by atoms with Crippen molar-refractivity contribution < 1.29 is 58.5 Å². The zero-order valence-corrected chi connectivity index (χ0v) is 25.5. The number of nitrogens with one attached hydrogen (secondary N) is 6. The molecule has 47 heavy (non-hydrogen) atoms. The fourth-order valence-electron chi connectivity index (χ4n) is 3.59. The maximum absolute atomic E-state index is 12.7. The average Bonchev–Trinajstić information content (AvgIpc) is 3.00. The number of unbranched alkanes of at least 4 members (excludes halogenated alkanes) is 1. The normalized spacial score (nSPS) is 13.8. The van der Waals surface area contributed by atoms with Gasteiger partial charge in [0.1, 0.15) is 24.2 Å². The summed E-state index contributed by atoms with van der Waals surface area (Å²) in [6.45, 7) is -2.97. The number of amides is 8. The molecule has 0 heterocycles. The summed E-state index contributed by atoms with van der Waals surface area (Å²) >= 11 is 0. The molecule has 0 rings (SSSR count). The Morgan fingerprint density at radius 2 is 1.13 bits per heavy atom. The molecule has 0 aromatic carbocycles. The van der Waals surface area contributed by atoms with E-state index < -0.39 is 116 Å². The number of aliphatic hydroxyl groups is 2. The molecule has 5 atom stereocenters. The number of hydrogen-bond acceptors (Lipinski definition) is 13. The number of carboxylic acids is 1. The first-order chi connectivity index (χ1) is 22.1. The number of aliphatic hydroxyl groups excluding tert-OH is 2. The minimum Gasteiger partial charge on any atom is -0.480 e. The van der Waals surface area contributed by atoms with Gasteiger partial charge >= 0.3 is 5.97 Å². The molecule has 17 N–H and O–H groups in total. The Kier molecular flexibility index (Phi) is 20.2. The maximum Gasteiger partial charge on any atom is 0.326 e. The molecule has 22 heteroatoms. The van der Waals surface area contributed by atoms with E-state index in [1.807, 2.05) is 10.6 Å². The van der Waals surface area contributed by atoms with Crippen molar-refractivity contribution >= 4 is 53.2 Å². The molecule has 0 aromatic heterocycles. The van der Waals surface area contributed by atoms with Gasteiger partial charge in [0.15, 0.2) is 0 Å². The van der Waals surface area contributed by atoms with Crippen molar-refractivity contribution in [2.45, 2.75) is 68.7 Å². The lowest BCUT2D eigenvalue weighted by atomic mass is 10.1. The second-order valence-electron chi connectivity index (χ2n) is 10.1. The van der Waals surface area contributed by atoms with Gasteiger partial charge in [0, 0.05) is 6.42 Å². The summed E-state index contributed by atoms with van der Waals surface area (Å²) in [6.07, 6.45) is -0.0300. The highest BCUT2D eigenvalue weighted by Crippen LogP contribution is 2.01. The molecule has 266 valence electrons. The lowest BCUT2D eigenvalue weighted by molar-refractivity contribution is -0.144. The van der Waals surface area contributed by atoms with Gasteiger partial charge in [-0.3, -0.25) is 38.4 Å². The van der Waals surface area contributed by atoms with Crippen LogP contribution in [0.1, 0.15) is 38.5 Å². The smallest absolute Gasteiger partial charge is 0.326 e. The molecular formula is C25H44N10O12. The van der Waals surface area contributed by atoms with Crippen LogP contribution in [0.5, 0.6) is 0 Å². The third kappa shape index (κ3) is 18.0. The Balaban J connectivity index is 5.09. The molecule has 0 aliphatic heterocycles. The number of carbonyl (C=O) groups is 9. The summed E-state index contributed by atoms with van der Waals surface area (Å²) in [6, 6.07) is -7.36. The van der Waals surface area contributed by atoms with Gasteiger partial charge in [0.25, 0.3) is 0 Å². The van der Waals surface area contributed by atoms with Gasteiger partial charge in [0.2, 0.25) is 47.3 Å². The molecule has 0 unspecified atom stereocenters. The Labute approximate surface area is 268 Å². The Hall–Kier alpha value is -4.93. The number of aliphatic carboxylic acids is 1. The van der Waals surface area contributed by atoms with Crippen LogP contribution in [0.3, 0.4) is 0 Å². The Bertz CT molecular complexity index is 1140. The van der Waals surface area contributed by atoms with Gasteiger partial charge in [-0.15, -0.1) is 0 Å². The summed E-state index contributed by atoms with van der Waals surface area (Å²) in [4.78, 5) is 108. The van der Waals surface area contributed by atoms with Crippen LogP contribution in [-0.4, -0.2) is 132 Å². The van der Waals surface area contributed by atoms with Gasteiger partial charge in [-0.25, -0.2) is 4.79 Å². The minimum absolute atomic E-state index is 0.263. The average molecular weight is 677 g/mol. The Morgan fingerprint density at radius 1 is 0.596 bits per heavy atom. The number of primary amides is 2. The van der Waals surface area contributed by atoms with E-state index in [0.717, 1.165) is 0 Å². The fraction of sp³-hybridized carbons (Fsp3) is 0.640. The topological polar surface area (TPSA) is 391 Å². The van der Waals surface area contributed by atoms with E-state index in [2.05, 4.69) is 21.3 Å².